The van der Waals surface area contributed by atoms with Crippen LogP contribution in [0.1, 0.15) is 47.5 Å². The molecule has 0 bridgehead atoms. The third-order valence-corrected chi connectivity index (χ3v) is 2.14. The molecule has 0 aliphatic carbocycles. The van der Waals surface area contributed by atoms with Gasteiger partial charge in [0.25, 0.3) is 0 Å². The number of hydrogen-bond donors (Lipinski definition) is 1. The van der Waals surface area contributed by atoms with E-state index in [1.165, 1.54) is 0 Å². The van der Waals surface area contributed by atoms with Crippen LogP contribution in [0.3, 0.4) is 0 Å². The van der Waals surface area contributed by atoms with Crippen molar-refractivity contribution in [2.24, 2.45) is 17.6 Å². The Morgan fingerprint density at radius 2 is 1.67 bits per heavy atom. The van der Waals surface area contributed by atoms with Crippen molar-refractivity contribution in [3.8, 4) is 0 Å². The van der Waals surface area contributed by atoms with E-state index in [2.05, 4.69) is 13.8 Å². The van der Waals surface area contributed by atoms with Gasteiger partial charge in [-0.15, -0.1) is 0 Å². The molecule has 0 aliphatic heterocycles. The first-order valence-corrected chi connectivity index (χ1v) is 4.92. The molecule has 74 valence electrons. The molecule has 0 fully saturated rings. The summed E-state index contributed by atoms with van der Waals surface area (Å²) in [6.07, 6.45) is 1.89. The summed E-state index contributed by atoms with van der Waals surface area (Å²) < 4.78 is 0. The predicted octanol–water partition coefficient (Wildman–Crippen LogP) is 2.57. The molecule has 2 nitrogen and oxygen atoms in total. The average Bonchev–Trinajstić information content (AvgIpc) is 2.08. The molecule has 0 aromatic carbocycles. The van der Waals surface area contributed by atoms with Gasteiger partial charge in [0, 0.05) is 5.92 Å². The summed E-state index contributed by atoms with van der Waals surface area (Å²) in [4.78, 5) is 10.8. The van der Waals surface area contributed by atoms with Gasteiger partial charge in [-0.25, -0.2) is 0 Å². The second-order valence-electron chi connectivity index (χ2n) is 2.80. The molecule has 1 amide bonds. The van der Waals surface area contributed by atoms with Gasteiger partial charge in [0.05, 0.1) is 0 Å². The van der Waals surface area contributed by atoms with E-state index in [1.807, 2.05) is 20.8 Å². The minimum absolute atomic E-state index is 0.0741. The Balaban J connectivity index is 0. The van der Waals surface area contributed by atoms with Crippen LogP contribution in [0.25, 0.3) is 0 Å². The van der Waals surface area contributed by atoms with Crippen LogP contribution in [0.2, 0.25) is 0 Å². The Hall–Kier alpha value is -0.530. The van der Waals surface area contributed by atoms with Crippen LogP contribution in [-0.4, -0.2) is 5.91 Å². The number of primary amides is 1. The lowest BCUT2D eigenvalue weighted by Gasteiger charge is -2.16. The standard InChI is InChI=1S/C8H17NO.C2H6/c1-4-6(3)7(5-2)8(9)10;1-2/h6-7H,4-5H2,1-3H3,(H2,9,10);1-2H3. The summed E-state index contributed by atoms with van der Waals surface area (Å²) in [6, 6.07) is 0. The fraction of sp³-hybridized carbons (Fsp3) is 0.900. The number of rotatable bonds is 4. The number of carbonyl (C=O) groups excluding carboxylic acids is 1. The van der Waals surface area contributed by atoms with E-state index in [-0.39, 0.29) is 11.8 Å². The first-order chi connectivity index (χ1) is 5.63. The number of carbonyl (C=O) groups is 1. The third kappa shape index (κ3) is 5.16. The highest BCUT2D eigenvalue weighted by Gasteiger charge is 2.18. The molecule has 0 spiro atoms. The van der Waals surface area contributed by atoms with Crippen molar-refractivity contribution >= 4 is 5.91 Å². The molecule has 2 unspecified atom stereocenters. The highest BCUT2D eigenvalue weighted by Crippen LogP contribution is 2.17. The Bertz CT molecular complexity index is 112. The van der Waals surface area contributed by atoms with Crippen molar-refractivity contribution in [1.29, 1.82) is 0 Å². The summed E-state index contributed by atoms with van der Waals surface area (Å²) in [5.41, 5.74) is 5.18. The summed E-state index contributed by atoms with van der Waals surface area (Å²) in [5.74, 6) is 0.351. The van der Waals surface area contributed by atoms with Crippen molar-refractivity contribution in [1.82, 2.24) is 0 Å². The van der Waals surface area contributed by atoms with E-state index < -0.39 is 0 Å². The van der Waals surface area contributed by atoms with Gasteiger partial charge in [0.2, 0.25) is 5.91 Å². The molecule has 0 rings (SSSR count). The van der Waals surface area contributed by atoms with E-state index in [9.17, 15) is 4.79 Å². The average molecular weight is 173 g/mol. The van der Waals surface area contributed by atoms with Crippen LogP contribution < -0.4 is 5.73 Å². The minimum atomic E-state index is -0.156. The van der Waals surface area contributed by atoms with Crippen LogP contribution >= 0.6 is 0 Å². The van der Waals surface area contributed by atoms with E-state index in [4.69, 9.17) is 5.73 Å². The zero-order chi connectivity index (χ0) is 10.1. The maximum atomic E-state index is 10.8. The van der Waals surface area contributed by atoms with Crippen LogP contribution in [0.4, 0.5) is 0 Å². The lowest BCUT2D eigenvalue weighted by atomic mass is 9.89. The maximum absolute atomic E-state index is 10.8. The molecule has 0 aromatic rings. The molecule has 0 heterocycles. The van der Waals surface area contributed by atoms with Gasteiger partial charge in [0.15, 0.2) is 0 Å². The molecular formula is C10H23NO. The monoisotopic (exact) mass is 173 g/mol. The predicted molar refractivity (Wildman–Crippen MR) is 53.8 cm³/mol. The topological polar surface area (TPSA) is 43.1 Å². The lowest BCUT2D eigenvalue weighted by molar-refractivity contribution is -0.123. The van der Waals surface area contributed by atoms with Gasteiger partial charge in [-0.2, -0.15) is 0 Å². The van der Waals surface area contributed by atoms with Crippen LogP contribution in [0, 0.1) is 11.8 Å². The second kappa shape index (κ2) is 8.57. The number of hydrogen-bond acceptors (Lipinski definition) is 1. The quantitative estimate of drug-likeness (QED) is 0.697. The molecule has 2 atom stereocenters. The highest BCUT2D eigenvalue weighted by molar-refractivity contribution is 5.76. The van der Waals surface area contributed by atoms with Gasteiger partial charge >= 0.3 is 0 Å². The molecule has 12 heavy (non-hydrogen) atoms. The minimum Gasteiger partial charge on any atom is -0.369 e. The Kier molecular flexibility index (Phi) is 10.0. The summed E-state index contributed by atoms with van der Waals surface area (Å²) >= 11 is 0. The molecule has 0 radical (unpaired) electrons. The highest BCUT2D eigenvalue weighted by atomic mass is 16.1. The Morgan fingerprint density at radius 3 is 1.75 bits per heavy atom. The first-order valence-electron chi connectivity index (χ1n) is 4.92. The van der Waals surface area contributed by atoms with E-state index in [0.717, 1.165) is 12.8 Å². The van der Waals surface area contributed by atoms with Gasteiger partial charge in [-0.05, 0) is 12.3 Å². The molecule has 2 N–H and O–H groups in total. The van der Waals surface area contributed by atoms with Gasteiger partial charge in [0.1, 0.15) is 0 Å². The van der Waals surface area contributed by atoms with Crippen LogP contribution in [0.15, 0.2) is 0 Å². The van der Waals surface area contributed by atoms with Gasteiger partial charge in [-0.1, -0.05) is 41.0 Å². The van der Waals surface area contributed by atoms with E-state index >= 15 is 0 Å². The van der Waals surface area contributed by atoms with Crippen molar-refractivity contribution < 1.29 is 4.79 Å². The Morgan fingerprint density at radius 1 is 1.25 bits per heavy atom. The number of amides is 1. The van der Waals surface area contributed by atoms with Crippen molar-refractivity contribution in [3.63, 3.8) is 0 Å². The molecule has 0 saturated carbocycles. The molecular weight excluding hydrogens is 150 g/mol. The molecule has 0 saturated heterocycles. The zero-order valence-electron chi connectivity index (χ0n) is 9.05. The summed E-state index contributed by atoms with van der Waals surface area (Å²) in [7, 11) is 0. The summed E-state index contributed by atoms with van der Waals surface area (Å²) in [6.45, 7) is 10.1. The lowest BCUT2D eigenvalue weighted by Crippen LogP contribution is -2.27. The normalized spacial score (nSPS) is 14.1. The van der Waals surface area contributed by atoms with E-state index in [1.54, 1.807) is 0 Å². The van der Waals surface area contributed by atoms with Crippen molar-refractivity contribution in [3.05, 3.63) is 0 Å². The maximum Gasteiger partial charge on any atom is 0.220 e. The van der Waals surface area contributed by atoms with Crippen molar-refractivity contribution in [2.45, 2.75) is 47.5 Å². The van der Waals surface area contributed by atoms with Crippen molar-refractivity contribution in [2.75, 3.05) is 0 Å². The SMILES string of the molecule is CC.CCC(C)C(CC)C(N)=O. The Labute approximate surface area is 76.5 Å². The smallest absolute Gasteiger partial charge is 0.220 e. The second-order valence-corrected chi connectivity index (χ2v) is 2.80. The molecule has 0 aromatic heterocycles. The van der Waals surface area contributed by atoms with Gasteiger partial charge in [-0.3, -0.25) is 4.79 Å². The van der Waals surface area contributed by atoms with Crippen LogP contribution in [-0.2, 0) is 4.79 Å². The molecule has 0 aliphatic rings. The van der Waals surface area contributed by atoms with Gasteiger partial charge < -0.3 is 5.73 Å². The fourth-order valence-electron chi connectivity index (χ4n) is 1.17. The van der Waals surface area contributed by atoms with Crippen LogP contribution in [0.5, 0.6) is 0 Å². The first kappa shape index (κ1) is 14.0. The fourth-order valence-corrected chi connectivity index (χ4v) is 1.17. The van der Waals surface area contributed by atoms with E-state index in [0.29, 0.717) is 5.92 Å². The zero-order valence-corrected chi connectivity index (χ0v) is 9.05. The molecule has 2 heteroatoms. The largest absolute Gasteiger partial charge is 0.369 e. The number of nitrogens with two attached hydrogens (primary N) is 1. The third-order valence-electron chi connectivity index (χ3n) is 2.14. The summed E-state index contributed by atoms with van der Waals surface area (Å²) in [5, 5.41) is 0.